The zero-order chi connectivity index (χ0) is 14.7. The molecule has 3 N–H and O–H groups in total. The number of anilines is 1. The first-order valence-corrected chi connectivity index (χ1v) is 6.92. The van der Waals surface area contributed by atoms with Crippen LogP contribution in [0.3, 0.4) is 0 Å². The number of nitrogens with two attached hydrogens (primary N) is 1. The second-order valence-corrected chi connectivity index (χ2v) is 4.45. The Kier molecular flexibility index (Phi) is 4.51. The lowest BCUT2D eigenvalue weighted by Crippen LogP contribution is -2.14. The summed E-state index contributed by atoms with van der Waals surface area (Å²) < 4.78 is 7.57. The monoisotopic (exact) mass is 279 g/mol. The number of aliphatic hydroxyl groups is 1. The number of aliphatic hydroxyl groups excluding tert-OH is 1. The van der Waals surface area contributed by atoms with Crippen LogP contribution in [-0.4, -0.2) is 37.3 Å². The Hall–Kier alpha value is -1.73. The minimum absolute atomic E-state index is 0.0410. The van der Waals surface area contributed by atoms with Crippen LogP contribution in [0.15, 0.2) is 6.33 Å². The zero-order valence-corrected chi connectivity index (χ0v) is 12.1. The van der Waals surface area contributed by atoms with Crippen LogP contribution in [0, 0.1) is 6.92 Å². The van der Waals surface area contributed by atoms with Crippen molar-refractivity contribution in [3.05, 3.63) is 12.2 Å². The highest BCUT2D eigenvalue weighted by molar-refractivity contribution is 5.81. The van der Waals surface area contributed by atoms with Crippen molar-refractivity contribution in [3.8, 4) is 0 Å². The van der Waals surface area contributed by atoms with E-state index in [2.05, 4.69) is 15.0 Å². The molecule has 3 heterocycles. The summed E-state index contributed by atoms with van der Waals surface area (Å²) in [6, 6.07) is 0. The number of hydrogen-bond acceptors (Lipinski definition) is 6. The van der Waals surface area contributed by atoms with E-state index in [0.717, 1.165) is 12.8 Å². The van der Waals surface area contributed by atoms with Gasteiger partial charge in [0.15, 0.2) is 11.5 Å². The van der Waals surface area contributed by atoms with Crippen molar-refractivity contribution in [1.29, 1.82) is 0 Å². The van der Waals surface area contributed by atoms with Crippen molar-refractivity contribution in [1.82, 2.24) is 19.5 Å². The molecular weight excluding hydrogens is 258 g/mol. The normalized spacial score (nSPS) is 21.8. The fraction of sp³-hybridized carbons (Fsp3) is 0.615. The smallest absolute Gasteiger partial charge is 0.167 e. The van der Waals surface area contributed by atoms with E-state index in [1.165, 1.54) is 0 Å². The van der Waals surface area contributed by atoms with E-state index in [1.807, 2.05) is 18.4 Å². The van der Waals surface area contributed by atoms with Gasteiger partial charge in [0.1, 0.15) is 17.6 Å². The van der Waals surface area contributed by atoms with E-state index < -0.39 is 0 Å². The number of ether oxygens (including phenoxy) is 1. The third-order valence-corrected chi connectivity index (χ3v) is 3.16. The van der Waals surface area contributed by atoms with E-state index in [4.69, 9.17) is 15.6 Å². The number of hydrogen-bond donors (Lipinski definition) is 2. The highest BCUT2D eigenvalue weighted by Gasteiger charge is 2.27. The molecule has 7 nitrogen and oxygen atoms in total. The molecule has 1 saturated heterocycles. The second kappa shape index (κ2) is 6.15. The molecule has 1 unspecified atom stereocenters. The first-order chi connectivity index (χ1) is 9.69. The summed E-state index contributed by atoms with van der Waals surface area (Å²) >= 11 is 0. The largest absolute Gasteiger partial charge is 0.394 e. The van der Waals surface area contributed by atoms with Gasteiger partial charge in [0.25, 0.3) is 0 Å². The van der Waals surface area contributed by atoms with Crippen molar-refractivity contribution in [2.24, 2.45) is 0 Å². The predicted octanol–water partition coefficient (Wildman–Crippen LogP) is 1.41. The van der Waals surface area contributed by atoms with Crippen LogP contribution in [0.4, 0.5) is 5.82 Å². The van der Waals surface area contributed by atoms with Gasteiger partial charge < -0.3 is 15.6 Å². The highest BCUT2D eigenvalue weighted by atomic mass is 16.5. The van der Waals surface area contributed by atoms with Gasteiger partial charge in [-0.2, -0.15) is 0 Å². The van der Waals surface area contributed by atoms with Gasteiger partial charge in [-0.3, -0.25) is 4.57 Å². The second-order valence-electron chi connectivity index (χ2n) is 4.45. The lowest BCUT2D eigenvalue weighted by molar-refractivity contribution is -0.0207. The van der Waals surface area contributed by atoms with Gasteiger partial charge in [-0.25, -0.2) is 15.0 Å². The van der Waals surface area contributed by atoms with Crippen LogP contribution in [-0.2, 0) is 4.74 Å². The molecule has 0 spiro atoms. The van der Waals surface area contributed by atoms with E-state index in [0.29, 0.717) is 22.8 Å². The van der Waals surface area contributed by atoms with Crippen molar-refractivity contribution in [3.63, 3.8) is 0 Å². The third kappa shape index (κ3) is 2.59. The summed E-state index contributed by atoms with van der Waals surface area (Å²) in [6.45, 7) is 5.83. The molecule has 0 radical (unpaired) electrons. The molecule has 1 fully saturated rings. The summed E-state index contributed by atoms with van der Waals surface area (Å²) in [5.74, 6) is 0.992. The topological polar surface area (TPSA) is 99.1 Å². The van der Waals surface area contributed by atoms with Gasteiger partial charge >= 0.3 is 0 Å². The van der Waals surface area contributed by atoms with Crippen molar-refractivity contribution in [2.75, 3.05) is 12.3 Å². The number of fused-ring (bicyclic) bond motifs is 1. The third-order valence-electron chi connectivity index (χ3n) is 3.16. The molecule has 0 bridgehead atoms. The van der Waals surface area contributed by atoms with Crippen molar-refractivity contribution >= 4 is 17.0 Å². The fourth-order valence-corrected chi connectivity index (χ4v) is 2.29. The Labute approximate surface area is 117 Å². The molecular formula is C13H21N5O2. The van der Waals surface area contributed by atoms with E-state index in [1.54, 1.807) is 13.3 Å². The molecule has 1 aliphatic heterocycles. The van der Waals surface area contributed by atoms with Crippen molar-refractivity contribution in [2.45, 2.75) is 45.9 Å². The number of aryl methyl sites for hydroxylation is 1. The molecule has 1 aliphatic rings. The Morgan fingerprint density at radius 3 is 2.80 bits per heavy atom. The fourth-order valence-electron chi connectivity index (χ4n) is 2.29. The quantitative estimate of drug-likeness (QED) is 0.862. The maximum atomic E-state index is 9.09. The lowest BCUT2D eigenvalue weighted by atomic mass is 10.2. The van der Waals surface area contributed by atoms with Gasteiger partial charge in [-0.1, -0.05) is 13.8 Å². The summed E-state index contributed by atoms with van der Waals surface area (Å²) in [5, 5.41) is 9.09. The zero-order valence-electron chi connectivity index (χ0n) is 12.1. The van der Waals surface area contributed by atoms with Crippen LogP contribution >= 0.6 is 0 Å². The molecule has 7 heteroatoms. The summed E-state index contributed by atoms with van der Waals surface area (Å²) in [4.78, 5) is 12.7. The molecule has 0 aliphatic carbocycles. The Morgan fingerprint density at radius 1 is 1.40 bits per heavy atom. The molecule has 2 aromatic rings. The standard InChI is InChI=1S/C11H15N5O2.C2H6/c1-6-14-10(12)9-11(15-6)16(5-13-9)8-3-2-7(4-17)18-8;1-2/h5,7-8,17H,2-4H2,1H3,(H2,12,14,15);1-2H3/t7-,8?;/m0./s1. The van der Waals surface area contributed by atoms with Gasteiger partial charge in [-0.05, 0) is 19.8 Å². The SMILES string of the molecule is CC.Cc1nc(N)c2ncn(C3CC[C@@H](CO)O3)c2n1. The first kappa shape index (κ1) is 14.7. The number of imidazole rings is 1. The van der Waals surface area contributed by atoms with E-state index >= 15 is 0 Å². The number of rotatable bonds is 2. The average molecular weight is 279 g/mol. The molecule has 2 aromatic heterocycles. The molecule has 110 valence electrons. The van der Waals surface area contributed by atoms with Crippen molar-refractivity contribution < 1.29 is 9.84 Å². The number of nitrogen functional groups attached to an aromatic ring is 1. The van der Waals surface area contributed by atoms with Crippen LogP contribution in [0.25, 0.3) is 11.2 Å². The van der Waals surface area contributed by atoms with Gasteiger partial charge in [-0.15, -0.1) is 0 Å². The summed E-state index contributed by atoms with van der Waals surface area (Å²) in [7, 11) is 0. The minimum atomic E-state index is -0.138. The average Bonchev–Trinajstić information content (AvgIpc) is 3.06. The molecule has 2 atom stereocenters. The van der Waals surface area contributed by atoms with Gasteiger partial charge in [0.05, 0.1) is 19.0 Å². The first-order valence-electron chi connectivity index (χ1n) is 6.92. The Morgan fingerprint density at radius 2 is 2.15 bits per heavy atom. The molecule has 3 rings (SSSR count). The Balaban J connectivity index is 0.000000704. The summed E-state index contributed by atoms with van der Waals surface area (Å²) in [5.41, 5.74) is 7.09. The van der Waals surface area contributed by atoms with Crippen LogP contribution in [0.5, 0.6) is 0 Å². The minimum Gasteiger partial charge on any atom is -0.394 e. The van der Waals surface area contributed by atoms with Crippen LogP contribution in [0.2, 0.25) is 0 Å². The summed E-state index contributed by atoms with van der Waals surface area (Å²) in [6.07, 6.45) is 3.09. The maximum Gasteiger partial charge on any atom is 0.167 e. The molecule has 20 heavy (non-hydrogen) atoms. The van der Waals surface area contributed by atoms with Crippen LogP contribution in [0.1, 0.15) is 38.7 Å². The Bertz CT molecular complexity index is 583. The molecule has 0 saturated carbocycles. The number of aromatic nitrogens is 4. The lowest BCUT2D eigenvalue weighted by Gasteiger charge is -2.13. The van der Waals surface area contributed by atoms with E-state index in [-0.39, 0.29) is 18.9 Å². The highest BCUT2D eigenvalue weighted by Crippen LogP contribution is 2.30. The number of nitrogens with zero attached hydrogens (tertiary/aromatic N) is 4. The van der Waals surface area contributed by atoms with E-state index in [9.17, 15) is 0 Å². The van der Waals surface area contributed by atoms with Crippen LogP contribution < -0.4 is 5.73 Å². The maximum absolute atomic E-state index is 9.09. The molecule has 0 aromatic carbocycles. The van der Waals surface area contributed by atoms with Gasteiger partial charge in [0, 0.05) is 0 Å². The van der Waals surface area contributed by atoms with Gasteiger partial charge in [0.2, 0.25) is 0 Å². The predicted molar refractivity (Wildman–Crippen MR) is 76.1 cm³/mol. The molecule has 0 amide bonds.